The van der Waals surface area contributed by atoms with E-state index in [4.69, 9.17) is 9.47 Å². The molecule has 0 saturated heterocycles. The van der Waals surface area contributed by atoms with Crippen molar-refractivity contribution in [1.29, 1.82) is 0 Å². The summed E-state index contributed by atoms with van der Waals surface area (Å²) >= 11 is 0. The quantitative estimate of drug-likeness (QED) is 0.717. The van der Waals surface area contributed by atoms with E-state index in [1.165, 1.54) is 0 Å². The first kappa shape index (κ1) is 19.1. The number of urea groups is 1. The molecule has 1 aromatic carbocycles. The fourth-order valence-corrected chi connectivity index (χ4v) is 1.86. The van der Waals surface area contributed by atoms with Gasteiger partial charge in [0.1, 0.15) is 0 Å². The van der Waals surface area contributed by atoms with Crippen LogP contribution in [0.1, 0.15) is 46.1 Å². The molecule has 2 N–H and O–H groups in total. The standard InChI is InChI=1S/C18H30N2O3/c1-6-7-10-23-15-9-8-14(11-16(15)22-5)12-19-17(21)20-13-18(2,3)4/h8-9,11H,6-7,10,12-13H2,1-5H3,(H2,19,20,21). The fourth-order valence-electron chi connectivity index (χ4n) is 1.86. The van der Waals surface area contributed by atoms with E-state index in [2.05, 4.69) is 38.3 Å². The van der Waals surface area contributed by atoms with Gasteiger partial charge in [0.25, 0.3) is 0 Å². The molecule has 0 aliphatic carbocycles. The number of nitrogens with one attached hydrogen (secondary N) is 2. The van der Waals surface area contributed by atoms with Crippen molar-refractivity contribution in [1.82, 2.24) is 10.6 Å². The summed E-state index contributed by atoms with van der Waals surface area (Å²) in [5.41, 5.74) is 1.04. The molecule has 2 amide bonds. The monoisotopic (exact) mass is 322 g/mol. The Morgan fingerprint density at radius 1 is 1.17 bits per heavy atom. The normalized spacial score (nSPS) is 11.0. The van der Waals surface area contributed by atoms with Gasteiger partial charge in [-0.15, -0.1) is 0 Å². The van der Waals surface area contributed by atoms with Crippen molar-refractivity contribution in [2.24, 2.45) is 5.41 Å². The molecule has 0 spiro atoms. The Hall–Kier alpha value is -1.91. The molecule has 0 aliphatic rings. The number of carbonyl (C=O) groups is 1. The number of unbranched alkanes of at least 4 members (excludes halogenated alkanes) is 1. The average Bonchev–Trinajstić information content (AvgIpc) is 2.51. The Morgan fingerprint density at radius 2 is 1.91 bits per heavy atom. The molecule has 0 bridgehead atoms. The summed E-state index contributed by atoms with van der Waals surface area (Å²) in [6.07, 6.45) is 2.11. The number of hydrogen-bond donors (Lipinski definition) is 2. The van der Waals surface area contributed by atoms with E-state index >= 15 is 0 Å². The highest BCUT2D eigenvalue weighted by molar-refractivity contribution is 5.73. The van der Waals surface area contributed by atoms with E-state index in [1.54, 1.807) is 7.11 Å². The van der Waals surface area contributed by atoms with Crippen LogP contribution in [0.5, 0.6) is 11.5 Å². The highest BCUT2D eigenvalue weighted by atomic mass is 16.5. The van der Waals surface area contributed by atoms with Crippen LogP contribution in [0.2, 0.25) is 0 Å². The Bertz CT molecular complexity index is 496. The van der Waals surface area contributed by atoms with Crippen molar-refractivity contribution in [3.05, 3.63) is 23.8 Å². The molecule has 0 radical (unpaired) electrons. The minimum absolute atomic E-state index is 0.0675. The van der Waals surface area contributed by atoms with Crippen molar-refractivity contribution in [2.45, 2.75) is 47.1 Å². The summed E-state index contributed by atoms with van der Waals surface area (Å²) in [5.74, 6) is 1.43. The summed E-state index contributed by atoms with van der Waals surface area (Å²) in [5, 5.41) is 5.71. The van der Waals surface area contributed by atoms with Gasteiger partial charge in [-0.1, -0.05) is 40.2 Å². The zero-order chi connectivity index (χ0) is 17.3. The van der Waals surface area contributed by atoms with E-state index in [1.807, 2.05) is 18.2 Å². The first-order valence-electron chi connectivity index (χ1n) is 8.17. The summed E-state index contributed by atoms with van der Waals surface area (Å²) in [4.78, 5) is 11.8. The largest absolute Gasteiger partial charge is 0.493 e. The second-order valence-electron chi connectivity index (χ2n) is 6.78. The van der Waals surface area contributed by atoms with Crippen molar-refractivity contribution in [2.75, 3.05) is 20.3 Å². The van der Waals surface area contributed by atoms with Crippen molar-refractivity contribution in [3.8, 4) is 11.5 Å². The average molecular weight is 322 g/mol. The summed E-state index contributed by atoms with van der Waals surface area (Å²) < 4.78 is 11.1. The lowest BCUT2D eigenvalue weighted by Crippen LogP contribution is -2.39. The maximum absolute atomic E-state index is 11.8. The lowest BCUT2D eigenvalue weighted by Gasteiger charge is -2.19. The predicted octanol–water partition coefficient (Wildman–Crippen LogP) is 3.72. The Kier molecular flexibility index (Phi) is 7.72. The molecule has 23 heavy (non-hydrogen) atoms. The van der Waals surface area contributed by atoms with Gasteiger partial charge < -0.3 is 20.1 Å². The van der Waals surface area contributed by atoms with E-state index in [9.17, 15) is 4.79 Å². The number of benzene rings is 1. The molecule has 0 atom stereocenters. The number of rotatable bonds is 8. The third-order valence-electron chi connectivity index (χ3n) is 3.22. The van der Waals surface area contributed by atoms with E-state index in [0.29, 0.717) is 25.4 Å². The van der Waals surface area contributed by atoms with Crippen molar-refractivity contribution >= 4 is 6.03 Å². The first-order chi connectivity index (χ1) is 10.9. The van der Waals surface area contributed by atoms with Crippen LogP contribution >= 0.6 is 0 Å². The van der Waals surface area contributed by atoms with Gasteiger partial charge in [0, 0.05) is 13.1 Å². The maximum atomic E-state index is 11.8. The van der Waals surface area contributed by atoms with Crippen LogP contribution < -0.4 is 20.1 Å². The summed E-state index contributed by atoms with van der Waals surface area (Å²) in [6.45, 7) is 10.1. The van der Waals surface area contributed by atoms with Gasteiger partial charge in [-0.3, -0.25) is 0 Å². The molecule has 0 aromatic heterocycles. The molecule has 5 heteroatoms. The molecule has 0 saturated carbocycles. The minimum Gasteiger partial charge on any atom is -0.493 e. The van der Waals surface area contributed by atoms with Crippen molar-refractivity contribution in [3.63, 3.8) is 0 Å². The number of hydrogen-bond acceptors (Lipinski definition) is 3. The van der Waals surface area contributed by atoms with E-state index in [0.717, 1.165) is 24.2 Å². The lowest BCUT2D eigenvalue weighted by atomic mass is 9.97. The highest BCUT2D eigenvalue weighted by Crippen LogP contribution is 2.28. The fraction of sp³-hybridized carbons (Fsp3) is 0.611. The maximum Gasteiger partial charge on any atom is 0.315 e. The number of ether oxygens (including phenoxy) is 2. The van der Waals surface area contributed by atoms with Gasteiger partial charge in [-0.2, -0.15) is 0 Å². The van der Waals surface area contributed by atoms with Crippen LogP contribution in [0.25, 0.3) is 0 Å². The van der Waals surface area contributed by atoms with Crippen LogP contribution in [0, 0.1) is 5.41 Å². The molecular formula is C18H30N2O3. The lowest BCUT2D eigenvalue weighted by molar-refractivity contribution is 0.235. The second kappa shape index (κ2) is 9.28. The number of carbonyl (C=O) groups excluding carboxylic acids is 1. The third kappa shape index (κ3) is 7.77. The van der Waals surface area contributed by atoms with Gasteiger partial charge in [0.05, 0.1) is 13.7 Å². The second-order valence-corrected chi connectivity index (χ2v) is 6.78. The smallest absolute Gasteiger partial charge is 0.315 e. The topological polar surface area (TPSA) is 59.6 Å². The van der Waals surface area contributed by atoms with Crippen LogP contribution in [0.15, 0.2) is 18.2 Å². The molecule has 0 fully saturated rings. The van der Waals surface area contributed by atoms with E-state index in [-0.39, 0.29) is 11.4 Å². The predicted molar refractivity (Wildman–Crippen MR) is 93.1 cm³/mol. The number of amides is 2. The van der Waals surface area contributed by atoms with Gasteiger partial charge in [0.2, 0.25) is 0 Å². The highest BCUT2D eigenvalue weighted by Gasteiger charge is 2.12. The molecule has 0 heterocycles. The number of methoxy groups -OCH3 is 1. The van der Waals surface area contributed by atoms with E-state index < -0.39 is 0 Å². The van der Waals surface area contributed by atoms with Crippen LogP contribution in [0.3, 0.4) is 0 Å². The molecule has 1 aromatic rings. The molecular weight excluding hydrogens is 292 g/mol. The van der Waals surface area contributed by atoms with Gasteiger partial charge >= 0.3 is 6.03 Å². The zero-order valence-electron chi connectivity index (χ0n) is 15.0. The molecule has 130 valence electrons. The third-order valence-corrected chi connectivity index (χ3v) is 3.22. The van der Waals surface area contributed by atoms with Gasteiger partial charge in [-0.05, 0) is 29.5 Å². The molecule has 5 nitrogen and oxygen atoms in total. The summed E-state index contributed by atoms with van der Waals surface area (Å²) in [6, 6.07) is 5.56. The molecule has 0 aliphatic heterocycles. The molecule has 0 unspecified atom stereocenters. The minimum atomic E-state index is -0.165. The Balaban J connectivity index is 2.52. The van der Waals surface area contributed by atoms with Crippen molar-refractivity contribution < 1.29 is 14.3 Å². The van der Waals surface area contributed by atoms with Crippen LogP contribution in [-0.2, 0) is 6.54 Å². The summed E-state index contributed by atoms with van der Waals surface area (Å²) in [7, 11) is 1.62. The van der Waals surface area contributed by atoms with Crippen LogP contribution in [0.4, 0.5) is 4.79 Å². The van der Waals surface area contributed by atoms with Crippen LogP contribution in [-0.4, -0.2) is 26.3 Å². The first-order valence-corrected chi connectivity index (χ1v) is 8.17. The Morgan fingerprint density at radius 3 is 2.52 bits per heavy atom. The van der Waals surface area contributed by atoms with Gasteiger partial charge in [-0.25, -0.2) is 4.79 Å². The molecule has 1 rings (SSSR count). The van der Waals surface area contributed by atoms with Gasteiger partial charge in [0.15, 0.2) is 11.5 Å². The zero-order valence-corrected chi connectivity index (χ0v) is 15.0. The Labute approximate surface area is 139 Å². The SMILES string of the molecule is CCCCOc1ccc(CNC(=O)NCC(C)(C)C)cc1OC.